The summed E-state index contributed by atoms with van der Waals surface area (Å²) in [5, 5.41) is 3.53. The predicted molar refractivity (Wildman–Crippen MR) is 78.9 cm³/mol. The third-order valence-corrected chi connectivity index (χ3v) is 3.37. The van der Waals surface area contributed by atoms with E-state index < -0.39 is 0 Å². The van der Waals surface area contributed by atoms with E-state index in [9.17, 15) is 0 Å². The molecule has 0 spiro atoms. The maximum absolute atomic E-state index is 5.62. The fourth-order valence-corrected chi connectivity index (χ4v) is 2.00. The molecular formula is C15H26N2O2. The zero-order valence-corrected chi connectivity index (χ0v) is 12.7. The molecule has 3 N–H and O–H groups in total. The van der Waals surface area contributed by atoms with Crippen molar-refractivity contribution < 1.29 is 9.47 Å². The van der Waals surface area contributed by atoms with Crippen molar-refractivity contribution in [1.29, 1.82) is 0 Å². The first-order valence-electron chi connectivity index (χ1n) is 6.60. The molecule has 0 saturated heterocycles. The minimum Gasteiger partial charge on any atom is -0.493 e. The van der Waals surface area contributed by atoms with Gasteiger partial charge in [0.25, 0.3) is 0 Å². The molecule has 1 aromatic carbocycles. The van der Waals surface area contributed by atoms with E-state index in [-0.39, 0.29) is 5.54 Å². The Morgan fingerprint density at radius 1 is 1.16 bits per heavy atom. The van der Waals surface area contributed by atoms with Crippen LogP contribution in [0, 0.1) is 6.92 Å². The van der Waals surface area contributed by atoms with Crippen LogP contribution in [0.5, 0.6) is 11.5 Å². The second kappa shape index (κ2) is 6.78. The largest absolute Gasteiger partial charge is 0.493 e. The second-order valence-electron chi connectivity index (χ2n) is 5.41. The smallest absolute Gasteiger partial charge is 0.161 e. The summed E-state index contributed by atoms with van der Waals surface area (Å²) < 4.78 is 10.6. The number of nitrogens with one attached hydrogen (secondary N) is 1. The highest BCUT2D eigenvalue weighted by Gasteiger charge is 2.16. The van der Waals surface area contributed by atoms with Gasteiger partial charge in [-0.1, -0.05) is 0 Å². The van der Waals surface area contributed by atoms with Crippen molar-refractivity contribution in [3.8, 4) is 11.5 Å². The molecule has 108 valence electrons. The number of methoxy groups -OCH3 is 2. The number of hydrogen-bond acceptors (Lipinski definition) is 4. The molecule has 0 heterocycles. The standard InChI is InChI=1S/C15H26N2O2/c1-11-8-13(18-4)14(19-5)9-12(11)10-17-15(2,3)6-7-16/h8-9,17H,6-7,10,16H2,1-5H3. The molecule has 0 aliphatic heterocycles. The molecule has 4 heteroatoms. The van der Waals surface area contributed by atoms with Crippen LogP contribution in [0.4, 0.5) is 0 Å². The first kappa shape index (κ1) is 15.8. The van der Waals surface area contributed by atoms with E-state index >= 15 is 0 Å². The van der Waals surface area contributed by atoms with Gasteiger partial charge in [0.2, 0.25) is 0 Å². The Morgan fingerprint density at radius 2 is 1.74 bits per heavy atom. The van der Waals surface area contributed by atoms with Crippen molar-refractivity contribution in [2.45, 2.75) is 39.3 Å². The van der Waals surface area contributed by atoms with E-state index in [0.29, 0.717) is 6.54 Å². The lowest BCUT2D eigenvalue weighted by molar-refractivity contribution is 0.350. The highest BCUT2D eigenvalue weighted by molar-refractivity contribution is 5.47. The molecule has 19 heavy (non-hydrogen) atoms. The lowest BCUT2D eigenvalue weighted by Crippen LogP contribution is -2.40. The molecule has 0 fully saturated rings. The molecule has 0 radical (unpaired) electrons. The average molecular weight is 266 g/mol. The van der Waals surface area contributed by atoms with Crippen LogP contribution in [0.15, 0.2) is 12.1 Å². The van der Waals surface area contributed by atoms with Crippen LogP contribution in [-0.4, -0.2) is 26.3 Å². The van der Waals surface area contributed by atoms with Gasteiger partial charge in [0, 0.05) is 12.1 Å². The van der Waals surface area contributed by atoms with Crippen LogP contribution >= 0.6 is 0 Å². The summed E-state index contributed by atoms with van der Waals surface area (Å²) in [4.78, 5) is 0. The first-order valence-corrected chi connectivity index (χ1v) is 6.60. The van der Waals surface area contributed by atoms with Crippen LogP contribution in [0.3, 0.4) is 0 Å². The summed E-state index contributed by atoms with van der Waals surface area (Å²) in [5.74, 6) is 1.53. The normalized spacial score (nSPS) is 11.5. The van der Waals surface area contributed by atoms with Crippen molar-refractivity contribution in [2.75, 3.05) is 20.8 Å². The summed E-state index contributed by atoms with van der Waals surface area (Å²) in [5.41, 5.74) is 8.06. The van der Waals surface area contributed by atoms with Crippen molar-refractivity contribution >= 4 is 0 Å². The maximum Gasteiger partial charge on any atom is 0.161 e. The van der Waals surface area contributed by atoms with Crippen molar-refractivity contribution in [1.82, 2.24) is 5.32 Å². The van der Waals surface area contributed by atoms with Gasteiger partial charge in [-0.3, -0.25) is 0 Å². The summed E-state index contributed by atoms with van der Waals surface area (Å²) in [6.45, 7) is 7.88. The molecule has 0 unspecified atom stereocenters. The van der Waals surface area contributed by atoms with Crippen LogP contribution in [-0.2, 0) is 6.54 Å². The number of rotatable bonds is 7. The number of ether oxygens (including phenoxy) is 2. The van der Waals surface area contributed by atoms with Gasteiger partial charge < -0.3 is 20.5 Å². The summed E-state index contributed by atoms with van der Waals surface area (Å²) in [7, 11) is 3.31. The quantitative estimate of drug-likeness (QED) is 0.794. The molecular weight excluding hydrogens is 240 g/mol. The van der Waals surface area contributed by atoms with Gasteiger partial charge in [-0.2, -0.15) is 0 Å². The molecule has 0 bridgehead atoms. The molecule has 1 rings (SSSR count). The SMILES string of the molecule is COc1cc(C)c(CNC(C)(C)CCN)cc1OC. The average Bonchev–Trinajstić information content (AvgIpc) is 2.36. The molecule has 0 atom stereocenters. The minimum absolute atomic E-state index is 0.0361. The number of benzene rings is 1. The zero-order chi connectivity index (χ0) is 14.5. The number of nitrogens with two attached hydrogens (primary N) is 1. The Hall–Kier alpha value is -1.26. The lowest BCUT2D eigenvalue weighted by atomic mass is 9.99. The Morgan fingerprint density at radius 3 is 2.26 bits per heavy atom. The molecule has 0 saturated carbocycles. The van der Waals surface area contributed by atoms with E-state index in [2.05, 4.69) is 26.1 Å². The van der Waals surface area contributed by atoms with E-state index in [4.69, 9.17) is 15.2 Å². The third-order valence-electron chi connectivity index (χ3n) is 3.37. The maximum atomic E-state index is 5.62. The molecule has 1 aromatic rings. The van der Waals surface area contributed by atoms with Gasteiger partial charge in [-0.25, -0.2) is 0 Å². The number of aryl methyl sites for hydroxylation is 1. The third kappa shape index (κ3) is 4.40. The van der Waals surface area contributed by atoms with Crippen molar-refractivity contribution in [3.63, 3.8) is 0 Å². The summed E-state index contributed by atoms with van der Waals surface area (Å²) in [6, 6.07) is 4.03. The molecule has 0 aliphatic carbocycles. The molecule has 0 aromatic heterocycles. The summed E-state index contributed by atoms with van der Waals surface area (Å²) in [6.07, 6.45) is 0.944. The molecule has 4 nitrogen and oxygen atoms in total. The fourth-order valence-electron chi connectivity index (χ4n) is 2.00. The second-order valence-corrected chi connectivity index (χ2v) is 5.41. The van der Waals surface area contributed by atoms with Gasteiger partial charge in [0.05, 0.1) is 14.2 Å². The zero-order valence-electron chi connectivity index (χ0n) is 12.7. The highest BCUT2D eigenvalue weighted by Crippen LogP contribution is 2.30. The van der Waals surface area contributed by atoms with Crippen molar-refractivity contribution in [3.05, 3.63) is 23.3 Å². The van der Waals surface area contributed by atoms with Gasteiger partial charge in [0.15, 0.2) is 11.5 Å². The first-order chi connectivity index (χ1) is 8.93. The summed E-state index contributed by atoms with van der Waals surface area (Å²) >= 11 is 0. The Balaban J connectivity index is 2.84. The van der Waals surface area contributed by atoms with E-state index in [0.717, 1.165) is 24.5 Å². The highest BCUT2D eigenvalue weighted by atomic mass is 16.5. The minimum atomic E-state index is 0.0361. The van der Waals surface area contributed by atoms with E-state index in [1.807, 2.05) is 12.1 Å². The van der Waals surface area contributed by atoms with Gasteiger partial charge >= 0.3 is 0 Å². The van der Waals surface area contributed by atoms with Crippen molar-refractivity contribution in [2.24, 2.45) is 5.73 Å². The Bertz CT molecular complexity index is 417. The molecule has 0 amide bonds. The fraction of sp³-hybridized carbons (Fsp3) is 0.600. The Kier molecular flexibility index (Phi) is 5.63. The van der Waals surface area contributed by atoms with Crippen LogP contribution in [0.2, 0.25) is 0 Å². The van der Waals surface area contributed by atoms with Gasteiger partial charge in [-0.15, -0.1) is 0 Å². The van der Waals surface area contributed by atoms with E-state index in [1.165, 1.54) is 11.1 Å². The lowest BCUT2D eigenvalue weighted by Gasteiger charge is -2.26. The van der Waals surface area contributed by atoms with Gasteiger partial charge in [-0.05, 0) is 57.0 Å². The van der Waals surface area contributed by atoms with Crippen LogP contribution in [0.25, 0.3) is 0 Å². The monoisotopic (exact) mass is 266 g/mol. The molecule has 0 aliphatic rings. The topological polar surface area (TPSA) is 56.5 Å². The number of hydrogen-bond donors (Lipinski definition) is 2. The Labute approximate surface area is 116 Å². The van der Waals surface area contributed by atoms with Gasteiger partial charge in [0.1, 0.15) is 0 Å². The van der Waals surface area contributed by atoms with E-state index in [1.54, 1.807) is 14.2 Å². The van der Waals surface area contributed by atoms with Crippen LogP contribution in [0.1, 0.15) is 31.4 Å². The predicted octanol–water partition coefficient (Wildman–Crippen LogP) is 2.23. The van der Waals surface area contributed by atoms with Crippen LogP contribution < -0.4 is 20.5 Å².